The summed E-state index contributed by atoms with van der Waals surface area (Å²) in [5.74, 6) is -1.91. The molecule has 1 aromatic rings. The third kappa shape index (κ3) is 2.83. The van der Waals surface area contributed by atoms with Crippen molar-refractivity contribution in [2.24, 2.45) is 0 Å². The van der Waals surface area contributed by atoms with E-state index in [1.54, 1.807) is 13.8 Å². The standard InChI is InChI=1S/C10H10ClFO3/c1-5(2)15-9-4-8(12)7(11)3-6(9)10(13)14/h3-5H,1-2H3,(H,13,14). The number of hydrogen-bond acceptors (Lipinski definition) is 2. The SMILES string of the molecule is CC(C)Oc1cc(F)c(Cl)cc1C(=O)O. The summed E-state index contributed by atoms with van der Waals surface area (Å²) in [6, 6.07) is 2.02. The summed E-state index contributed by atoms with van der Waals surface area (Å²) >= 11 is 5.47. The summed E-state index contributed by atoms with van der Waals surface area (Å²) in [5, 5.41) is 8.60. The lowest BCUT2D eigenvalue weighted by atomic mass is 10.2. The van der Waals surface area contributed by atoms with Crippen LogP contribution in [0.15, 0.2) is 12.1 Å². The van der Waals surface area contributed by atoms with E-state index in [1.807, 2.05) is 0 Å². The molecule has 0 spiro atoms. The van der Waals surface area contributed by atoms with Gasteiger partial charge < -0.3 is 9.84 Å². The molecule has 82 valence electrons. The van der Waals surface area contributed by atoms with E-state index in [-0.39, 0.29) is 22.4 Å². The van der Waals surface area contributed by atoms with Crippen molar-refractivity contribution >= 4 is 17.6 Å². The number of hydrogen-bond donors (Lipinski definition) is 1. The summed E-state index contributed by atoms with van der Waals surface area (Å²) < 4.78 is 18.2. The molecular formula is C10H10ClFO3. The summed E-state index contributed by atoms with van der Waals surface area (Å²) in [6.45, 7) is 3.44. The van der Waals surface area contributed by atoms with Crippen molar-refractivity contribution in [1.82, 2.24) is 0 Å². The van der Waals surface area contributed by atoms with Gasteiger partial charge in [0.05, 0.1) is 11.1 Å². The van der Waals surface area contributed by atoms with Gasteiger partial charge in [-0.2, -0.15) is 0 Å². The van der Waals surface area contributed by atoms with Crippen LogP contribution in [0, 0.1) is 5.82 Å². The highest BCUT2D eigenvalue weighted by atomic mass is 35.5. The molecule has 1 aromatic carbocycles. The number of ether oxygens (including phenoxy) is 1. The first-order valence-electron chi connectivity index (χ1n) is 4.30. The van der Waals surface area contributed by atoms with Crippen LogP contribution in [0.25, 0.3) is 0 Å². The number of aromatic carboxylic acids is 1. The van der Waals surface area contributed by atoms with Gasteiger partial charge in [-0.1, -0.05) is 11.6 Å². The molecule has 0 amide bonds. The van der Waals surface area contributed by atoms with E-state index < -0.39 is 11.8 Å². The van der Waals surface area contributed by atoms with E-state index in [1.165, 1.54) is 0 Å². The van der Waals surface area contributed by atoms with Crippen molar-refractivity contribution < 1.29 is 19.0 Å². The molecule has 0 bridgehead atoms. The zero-order valence-electron chi connectivity index (χ0n) is 8.25. The fraction of sp³-hybridized carbons (Fsp3) is 0.300. The van der Waals surface area contributed by atoms with Crippen molar-refractivity contribution in [2.45, 2.75) is 20.0 Å². The van der Waals surface area contributed by atoms with Crippen LogP contribution >= 0.6 is 11.6 Å². The number of carbonyl (C=O) groups is 1. The van der Waals surface area contributed by atoms with Crippen molar-refractivity contribution in [3.8, 4) is 5.75 Å². The first-order chi connectivity index (χ1) is 6.91. The molecule has 0 saturated heterocycles. The third-order valence-corrected chi connectivity index (χ3v) is 1.91. The Hall–Kier alpha value is -1.29. The fourth-order valence-electron chi connectivity index (χ4n) is 1.05. The summed E-state index contributed by atoms with van der Waals surface area (Å²) in [5.41, 5.74) is -0.143. The Balaban J connectivity index is 3.22. The highest BCUT2D eigenvalue weighted by molar-refractivity contribution is 6.31. The molecule has 0 aromatic heterocycles. The van der Waals surface area contributed by atoms with Gasteiger partial charge in [0.1, 0.15) is 17.1 Å². The van der Waals surface area contributed by atoms with Crippen LogP contribution in [0.1, 0.15) is 24.2 Å². The predicted molar refractivity (Wildman–Crippen MR) is 54.1 cm³/mol. The van der Waals surface area contributed by atoms with Crippen LogP contribution in [0.3, 0.4) is 0 Å². The Morgan fingerprint density at radius 1 is 1.53 bits per heavy atom. The van der Waals surface area contributed by atoms with Crippen molar-refractivity contribution in [2.75, 3.05) is 0 Å². The van der Waals surface area contributed by atoms with Crippen molar-refractivity contribution in [1.29, 1.82) is 0 Å². The smallest absolute Gasteiger partial charge is 0.339 e. The van der Waals surface area contributed by atoms with Crippen LogP contribution in [0.5, 0.6) is 5.75 Å². The highest BCUT2D eigenvalue weighted by Crippen LogP contribution is 2.26. The molecule has 0 atom stereocenters. The Labute approximate surface area is 91.4 Å². The van der Waals surface area contributed by atoms with E-state index in [9.17, 15) is 9.18 Å². The average Bonchev–Trinajstić information content (AvgIpc) is 2.09. The second-order valence-corrected chi connectivity index (χ2v) is 3.64. The van der Waals surface area contributed by atoms with E-state index in [4.69, 9.17) is 21.4 Å². The number of halogens is 2. The van der Waals surface area contributed by atoms with Gasteiger partial charge >= 0.3 is 5.97 Å². The van der Waals surface area contributed by atoms with Gasteiger partial charge in [-0.3, -0.25) is 0 Å². The van der Waals surface area contributed by atoms with Crippen LogP contribution in [0.2, 0.25) is 5.02 Å². The second kappa shape index (κ2) is 4.49. The van der Waals surface area contributed by atoms with E-state index in [2.05, 4.69) is 0 Å². The van der Waals surface area contributed by atoms with E-state index in [0.717, 1.165) is 12.1 Å². The molecule has 0 saturated carbocycles. The topological polar surface area (TPSA) is 46.5 Å². The van der Waals surface area contributed by atoms with Gasteiger partial charge in [0.2, 0.25) is 0 Å². The fourth-order valence-corrected chi connectivity index (χ4v) is 1.21. The molecule has 3 nitrogen and oxygen atoms in total. The number of rotatable bonds is 3. The van der Waals surface area contributed by atoms with Crippen molar-refractivity contribution in [3.05, 3.63) is 28.5 Å². The summed E-state index contributed by atoms with van der Waals surface area (Å²) in [4.78, 5) is 10.8. The largest absolute Gasteiger partial charge is 0.490 e. The van der Waals surface area contributed by atoms with Crippen LogP contribution < -0.4 is 4.74 Å². The maximum Gasteiger partial charge on any atom is 0.339 e. The molecule has 0 aliphatic carbocycles. The first-order valence-corrected chi connectivity index (χ1v) is 4.68. The molecular weight excluding hydrogens is 223 g/mol. The van der Waals surface area contributed by atoms with Crippen LogP contribution in [0.4, 0.5) is 4.39 Å². The third-order valence-electron chi connectivity index (χ3n) is 1.62. The maximum absolute atomic E-state index is 13.1. The predicted octanol–water partition coefficient (Wildman–Crippen LogP) is 2.96. The molecule has 0 unspecified atom stereocenters. The Morgan fingerprint density at radius 3 is 2.60 bits per heavy atom. The van der Waals surface area contributed by atoms with Crippen molar-refractivity contribution in [3.63, 3.8) is 0 Å². The number of carboxylic acid groups (broad SMARTS) is 1. The lowest BCUT2D eigenvalue weighted by Gasteiger charge is -2.12. The van der Waals surface area contributed by atoms with Gasteiger partial charge in [-0.05, 0) is 19.9 Å². The summed E-state index contributed by atoms with van der Waals surface area (Å²) in [7, 11) is 0. The normalized spacial score (nSPS) is 10.5. The molecule has 0 radical (unpaired) electrons. The second-order valence-electron chi connectivity index (χ2n) is 3.23. The zero-order chi connectivity index (χ0) is 11.6. The maximum atomic E-state index is 13.1. The molecule has 0 heterocycles. The molecule has 15 heavy (non-hydrogen) atoms. The lowest BCUT2D eigenvalue weighted by Crippen LogP contribution is -2.10. The molecule has 1 N–H and O–H groups in total. The van der Waals surface area contributed by atoms with E-state index >= 15 is 0 Å². The molecule has 0 aliphatic heterocycles. The lowest BCUT2D eigenvalue weighted by molar-refractivity contribution is 0.0690. The molecule has 5 heteroatoms. The Kier molecular flexibility index (Phi) is 3.52. The first kappa shape index (κ1) is 11.8. The number of carboxylic acids is 1. The summed E-state index contributed by atoms with van der Waals surface area (Å²) in [6.07, 6.45) is -0.233. The minimum atomic E-state index is -1.20. The van der Waals surface area contributed by atoms with Gasteiger partial charge in [-0.15, -0.1) is 0 Å². The Bertz CT molecular complexity index is 390. The zero-order valence-corrected chi connectivity index (χ0v) is 9.01. The average molecular weight is 233 g/mol. The highest BCUT2D eigenvalue weighted by Gasteiger charge is 2.16. The van der Waals surface area contributed by atoms with Gasteiger partial charge in [0.15, 0.2) is 0 Å². The Morgan fingerprint density at radius 2 is 2.13 bits per heavy atom. The van der Waals surface area contributed by atoms with E-state index in [0.29, 0.717) is 0 Å². The van der Waals surface area contributed by atoms with Gasteiger partial charge in [-0.25, -0.2) is 9.18 Å². The van der Waals surface area contributed by atoms with Crippen LogP contribution in [-0.2, 0) is 0 Å². The van der Waals surface area contributed by atoms with Gasteiger partial charge in [0, 0.05) is 6.07 Å². The van der Waals surface area contributed by atoms with Crippen LogP contribution in [-0.4, -0.2) is 17.2 Å². The quantitative estimate of drug-likeness (QED) is 0.872. The minimum absolute atomic E-state index is 0.0144. The minimum Gasteiger partial charge on any atom is -0.490 e. The molecule has 0 fully saturated rings. The molecule has 0 aliphatic rings. The monoisotopic (exact) mass is 232 g/mol. The van der Waals surface area contributed by atoms with Gasteiger partial charge in [0.25, 0.3) is 0 Å². The molecule has 1 rings (SSSR count). The number of benzene rings is 1.